The van der Waals surface area contributed by atoms with E-state index in [0.29, 0.717) is 25.9 Å². The molecule has 6 nitrogen and oxygen atoms in total. The monoisotopic (exact) mass is 1220 g/mol. The number of allylic oxidation sites excluding steroid dienone is 4. The van der Waals surface area contributed by atoms with Crippen molar-refractivity contribution in [3.63, 3.8) is 0 Å². The van der Waals surface area contributed by atoms with Crippen LogP contribution in [0.3, 0.4) is 0 Å². The first kappa shape index (κ1) is 85.3. The summed E-state index contributed by atoms with van der Waals surface area (Å²) in [4.78, 5) is 24.7. The molecule has 6 heteroatoms. The van der Waals surface area contributed by atoms with Gasteiger partial charge in [-0.15, -0.1) is 0 Å². The Morgan fingerprint density at radius 3 is 0.897 bits per heavy atom. The van der Waals surface area contributed by atoms with Gasteiger partial charge in [0.15, 0.2) is 0 Å². The zero-order chi connectivity index (χ0) is 62.8. The third-order valence-corrected chi connectivity index (χ3v) is 19.0. The molecule has 0 fully saturated rings. The molecule has 0 saturated carbocycles. The molecule has 0 aliphatic heterocycles. The summed E-state index contributed by atoms with van der Waals surface area (Å²) in [5.41, 5.74) is 0. The number of ether oxygens (including phenoxy) is 1. The minimum atomic E-state index is -0.662. The van der Waals surface area contributed by atoms with Crippen molar-refractivity contribution in [1.29, 1.82) is 0 Å². The molecule has 0 aromatic heterocycles. The molecule has 0 heterocycles. The predicted octanol–water partition coefficient (Wildman–Crippen LogP) is 26.4. The molecular weight excluding hydrogens is 1070 g/mol. The Morgan fingerprint density at radius 2 is 0.575 bits per heavy atom. The van der Waals surface area contributed by atoms with E-state index >= 15 is 0 Å². The number of aliphatic hydroxyl groups is 2. The van der Waals surface area contributed by atoms with E-state index in [1.807, 2.05) is 0 Å². The molecule has 0 bridgehead atoms. The van der Waals surface area contributed by atoms with E-state index in [2.05, 4.69) is 43.5 Å². The summed E-state index contributed by atoms with van der Waals surface area (Å²) in [7, 11) is 0. The van der Waals surface area contributed by atoms with Crippen LogP contribution < -0.4 is 5.32 Å². The molecule has 0 saturated heterocycles. The summed E-state index contributed by atoms with van der Waals surface area (Å²) in [6.07, 6.45) is 98.5. The number of carbonyl (C=O) groups is 2. The first-order valence-corrected chi connectivity index (χ1v) is 40.1. The van der Waals surface area contributed by atoms with Gasteiger partial charge in [-0.1, -0.05) is 411 Å². The van der Waals surface area contributed by atoms with Crippen molar-refractivity contribution in [2.24, 2.45) is 0 Å². The van der Waals surface area contributed by atoms with Gasteiger partial charge in [-0.2, -0.15) is 0 Å². The average molecular weight is 1230 g/mol. The molecule has 0 aromatic rings. The Labute approximate surface area is 545 Å². The van der Waals surface area contributed by atoms with Gasteiger partial charge >= 0.3 is 5.97 Å². The molecule has 3 N–H and O–H groups in total. The molecule has 0 spiro atoms. The van der Waals surface area contributed by atoms with E-state index in [4.69, 9.17) is 4.74 Å². The van der Waals surface area contributed by atoms with Gasteiger partial charge in [-0.25, -0.2) is 0 Å². The normalized spacial score (nSPS) is 12.6. The average Bonchev–Trinajstić information content (AvgIpc) is 3.52. The third-order valence-electron chi connectivity index (χ3n) is 19.0. The highest BCUT2D eigenvalue weighted by Gasteiger charge is 2.20. The third kappa shape index (κ3) is 73.3. The Morgan fingerprint density at radius 1 is 0.322 bits per heavy atom. The number of esters is 1. The number of hydrogen-bond donors (Lipinski definition) is 3. The highest BCUT2D eigenvalue weighted by Crippen LogP contribution is 2.20. The Balaban J connectivity index is 3.32. The lowest BCUT2D eigenvalue weighted by Gasteiger charge is -2.22. The van der Waals surface area contributed by atoms with E-state index in [1.165, 1.54) is 372 Å². The molecular formula is C81H157NO5. The maximum Gasteiger partial charge on any atom is 0.305 e. The minimum absolute atomic E-state index is 0.00860. The Bertz CT molecular complexity index is 1360. The van der Waals surface area contributed by atoms with Gasteiger partial charge in [0, 0.05) is 12.8 Å². The lowest BCUT2D eigenvalue weighted by molar-refractivity contribution is -0.143. The predicted molar refractivity (Wildman–Crippen MR) is 384 cm³/mol. The fourth-order valence-electron chi connectivity index (χ4n) is 12.9. The molecule has 87 heavy (non-hydrogen) atoms. The van der Waals surface area contributed by atoms with Crippen LogP contribution in [0.5, 0.6) is 0 Å². The van der Waals surface area contributed by atoms with Crippen LogP contribution in [0.2, 0.25) is 0 Å². The number of carbonyl (C=O) groups excluding carboxylic acids is 2. The fraction of sp³-hybridized carbons (Fsp3) is 0.926. The van der Waals surface area contributed by atoms with Gasteiger partial charge in [0.2, 0.25) is 5.91 Å². The van der Waals surface area contributed by atoms with Crippen LogP contribution in [0.25, 0.3) is 0 Å². The highest BCUT2D eigenvalue weighted by atomic mass is 16.5. The number of nitrogens with one attached hydrogen (secondary N) is 1. The van der Waals surface area contributed by atoms with E-state index in [9.17, 15) is 19.8 Å². The highest BCUT2D eigenvalue weighted by molar-refractivity contribution is 5.76. The Hall–Kier alpha value is -1.66. The Kier molecular flexibility index (Phi) is 75.3. The van der Waals surface area contributed by atoms with Crippen molar-refractivity contribution >= 4 is 11.9 Å². The number of rotatable bonds is 76. The van der Waals surface area contributed by atoms with Crippen molar-refractivity contribution in [1.82, 2.24) is 5.32 Å². The van der Waals surface area contributed by atoms with E-state index < -0.39 is 12.1 Å². The van der Waals surface area contributed by atoms with Crippen LogP contribution in [-0.4, -0.2) is 47.4 Å². The van der Waals surface area contributed by atoms with Crippen LogP contribution in [0.1, 0.15) is 457 Å². The first-order valence-electron chi connectivity index (χ1n) is 40.1. The summed E-state index contributed by atoms with van der Waals surface area (Å²) >= 11 is 0. The van der Waals surface area contributed by atoms with Gasteiger partial charge in [-0.3, -0.25) is 9.59 Å². The minimum Gasteiger partial charge on any atom is -0.466 e. The molecule has 2 unspecified atom stereocenters. The fourth-order valence-corrected chi connectivity index (χ4v) is 12.9. The van der Waals surface area contributed by atoms with E-state index in [-0.39, 0.29) is 18.5 Å². The molecule has 0 rings (SSSR count). The van der Waals surface area contributed by atoms with Crippen LogP contribution in [0, 0.1) is 0 Å². The number of hydrogen-bond acceptors (Lipinski definition) is 5. The van der Waals surface area contributed by atoms with E-state index in [0.717, 1.165) is 51.4 Å². The van der Waals surface area contributed by atoms with Gasteiger partial charge < -0.3 is 20.3 Å². The van der Waals surface area contributed by atoms with Crippen molar-refractivity contribution in [2.45, 2.75) is 469 Å². The largest absolute Gasteiger partial charge is 0.466 e. The molecule has 1 amide bonds. The number of unbranched alkanes of at least 4 members (excludes halogenated alkanes) is 61. The van der Waals surface area contributed by atoms with Gasteiger partial charge in [0.25, 0.3) is 0 Å². The van der Waals surface area contributed by atoms with Crippen molar-refractivity contribution in [2.75, 3.05) is 13.2 Å². The van der Waals surface area contributed by atoms with Gasteiger partial charge in [0.1, 0.15) is 0 Å². The maximum atomic E-state index is 12.6. The summed E-state index contributed by atoms with van der Waals surface area (Å²) < 4.78 is 5.49. The second-order valence-corrected chi connectivity index (χ2v) is 27.8. The second-order valence-electron chi connectivity index (χ2n) is 27.8. The SMILES string of the molecule is CCCCC/C=C\C/C=C\CCCCCCCC(=O)OCCCCCCCCCCCCCCCCCCCCCCCCCCCCCCCCCCCC(=O)NC(CO)C(O)CCCCCCCCCCCCCCCCCCCCCCCC. The smallest absolute Gasteiger partial charge is 0.305 e. The molecule has 0 aromatic carbocycles. The summed E-state index contributed by atoms with van der Waals surface area (Å²) in [5, 5.41) is 23.5. The van der Waals surface area contributed by atoms with Gasteiger partial charge in [0.05, 0.1) is 25.4 Å². The van der Waals surface area contributed by atoms with Gasteiger partial charge in [-0.05, 0) is 57.8 Å². The molecule has 516 valence electrons. The lowest BCUT2D eigenvalue weighted by Crippen LogP contribution is -2.45. The number of amides is 1. The topological polar surface area (TPSA) is 95.9 Å². The van der Waals surface area contributed by atoms with Crippen molar-refractivity contribution < 1.29 is 24.5 Å². The van der Waals surface area contributed by atoms with Crippen LogP contribution in [0.15, 0.2) is 24.3 Å². The molecule has 2 atom stereocenters. The van der Waals surface area contributed by atoms with Crippen LogP contribution >= 0.6 is 0 Å². The second kappa shape index (κ2) is 76.8. The van der Waals surface area contributed by atoms with Crippen molar-refractivity contribution in [3.8, 4) is 0 Å². The van der Waals surface area contributed by atoms with Crippen LogP contribution in [-0.2, 0) is 14.3 Å². The first-order chi connectivity index (χ1) is 43.0. The summed E-state index contributed by atoms with van der Waals surface area (Å²) in [5.74, 6) is -0.0160. The zero-order valence-electron chi connectivity index (χ0n) is 59.3. The lowest BCUT2D eigenvalue weighted by atomic mass is 10.0. The number of aliphatic hydroxyl groups excluding tert-OH is 2. The summed E-state index contributed by atoms with van der Waals surface area (Å²) in [6, 6.07) is -0.539. The quantitative estimate of drug-likeness (QED) is 0.0320. The summed E-state index contributed by atoms with van der Waals surface area (Å²) in [6.45, 7) is 4.97. The molecule has 0 aliphatic carbocycles. The molecule has 0 aliphatic rings. The van der Waals surface area contributed by atoms with E-state index in [1.54, 1.807) is 0 Å². The van der Waals surface area contributed by atoms with Crippen molar-refractivity contribution in [3.05, 3.63) is 24.3 Å². The van der Waals surface area contributed by atoms with Crippen LogP contribution in [0.4, 0.5) is 0 Å². The maximum absolute atomic E-state index is 12.6. The zero-order valence-corrected chi connectivity index (χ0v) is 59.3. The standard InChI is InChI=1S/C81H157NO5/c1-3-5-7-9-11-13-15-17-19-20-21-22-36-39-42-46-49-53-57-61-65-69-73-79(84)78(77-83)82-80(85)74-70-66-62-58-54-50-47-43-40-37-34-32-30-28-26-24-23-25-27-29-31-33-35-38-41-44-48-52-56-60-64-68-72-76-87-81(86)75-71-67-63-59-55-51-45-18-16-14-12-10-8-6-4-2/h12,14,18,45,78-79,83-84H,3-11,13,15-17,19-44,46-77H2,1-2H3,(H,82,85)/b14-12-,45-18-. The molecule has 0 radical (unpaired) electrons.